The Morgan fingerprint density at radius 1 is 1.18 bits per heavy atom. The molecule has 0 fully saturated rings. The topological polar surface area (TPSA) is 34.0 Å². The van der Waals surface area contributed by atoms with Gasteiger partial charge in [-0.15, -0.1) is 0 Å². The van der Waals surface area contributed by atoms with Gasteiger partial charge in [-0.2, -0.15) is 0 Å². The molecule has 0 aliphatic heterocycles. The standard InChI is InChI=1S/C14H16N2O/c1-2-15-14(17)13-9-6-10-16(13)11-12-7-4-3-5-8-12/h3-10H,2,11H2,1H3,(H,15,17). The maximum atomic E-state index is 11.8. The van der Waals surface area contributed by atoms with E-state index >= 15 is 0 Å². The van der Waals surface area contributed by atoms with Gasteiger partial charge < -0.3 is 9.88 Å². The summed E-state index contributed by atoms with van der Waals surface area (Å²) in [5.41, 5.74) is 1.89. The number of nitrogens with one attached hydrogen (secondary N) is 1. The van der Waals surface area contributed by atoms with Crippen LogP contribution in [0.4, 0.5) is 0 Å². The van der Waals surface area contributed by atoms with Gasteiger partial charge in [0.25, 0.3) is 5.91 Å². The molecular weight excluding hydrogens is 212 g/mol. The summed E-state index contributed by atoms with van der Waals surface area (Å²) in [5, 5.41) is 2.81. The SMILES string of the molecule is CCNC(=O)c1cccn1Cc1ccccc1. The zero-order valence-electron chi connectivity index (χ0n) is 9.89. The maximum absolute atomic E-state index is 11.8. The summed E-state index contributed by atoms with van der Waals surface area (Å²) in [5.74, 6) is -0.0200. The van der Waals surface area contributed by atoms with Gasteiger partial charge in [-0.1, -0.05) is 30.3 Å². The minimum Gasteiger partial charge on any atom is -0.351 e. The molecular formula is C14H16N2O. The number of aromatic nitrogens is 1. The van der Waals surface area contributed by atoms with Crippen molar-refractivity contribution in [3.05, 3.63) is 59.9 Å². The zero-order valence-corrected chi connectivity index (χ0v) is 9.89. The monoisotopic (exact) mass is 228 g/mol. The molecule has 3 nitrogen and oxygen atoms in total. The fourth-order valence-corrected chi connectivity index (χ4v) is 1.79. The van der Waals surface area contributed by atoms with Gasteiger partial charge in [0.05, 0.1) is 0 Å². The van der Waals surface area contributed by atoms with Crippen LogP contribution in [0.3, 0.4) is 0 Å². The van der Waals surface area contributed by atoms with Crippen LogP contribution in [0.5, 0.6) is 0 Å². The van der Waals surface area contributed by atoms with Crippen molar-refractivity contribution in [1.29, 1.82) is 0 Å². The van der Waals surface area contributed by atoms with Crippen molar-refractivity contribution in [2.75, 3.05) is 6.54 Å². The third-order valence-corrected chi connectivity index (χ3v) is 2.60. The Labute approximate surface area is 101 Å². The van der Waals surface area contributed by atoms with E-state index in [4.69, 9.17) is 0 Å². The van der Waals surface area contributed by atoms with Gasteiger partial charge in [0.2, 0.25) is 0 Å². The summed E-state index contributed by atoms with van der Waals surface area (Å²) in [6.07, 6.45) is 1.93. The first-order chi connectivity index (χ1) is 8.31. The van der Waals surface area contributed by atoms with E-state index in [9.17, 15) is 4.79 Å². The second kappa shape index (κ2) is 5.34. The predicted octanol–water partition coefficient (Wildman–Crippen LogP) is 2.29. The highest BCUT2D eigenvalue weighted by Gasteiger charge is 2.09. The highest BCUT2D eigenvalue weighted by atomic mass is 16.1. The second-order valence-corrected chi connectivity index (χ2v) is 3.87. The van der Waals surface area contributed by atoms with Gasteiger partial charge in [0, 0.05) is 19.3 Å². The van der Waals surface area contributed by atoms with E-state index in [1.807, 2.05) is 48.0 Å². The van der Waals surface area contributed by atoms with Crippen molar-refractivity contribution in [3.63, 3.8) is 0 Å². The third-order valence-electron chi connectivity index (χ3n) is 2.60. The molecule has 17 heavy (non-hydrogen) atoms. The average molecular weight is 228 g/mol. The van der Waals surface area contributed by atoms with Crippen LogP contribution in [-0.4, -0.2) is 17.0 Å². The first-order valence-corrected chi connectivity index (χ1v) is 5.78. The van der Waals surface area contributed by atoms with Crippen LogP contribution in [-0.2, 0) is 6.54 Å². The molecule has 2 aromatic rings. The first kappa shape index (κ1) is 11.5. The third kappa shape index (κ3) is 2.75. The highest BCUT2D eigenvalue weighted by Crippen LogP contribution is 2.07. The molecule has 0 saturated heterocycles. The fourth-order valence-electron chi connectivity index (χ4n) is 1.79. The number of hydrogen-bond acceptors (Lipinski definition) is 1. The second-order valence-electron chi connectivity index (χ2n) is 3.87. The molecule has 3 heteroatoms. The van der Waals surface area contributed by atoms with Gasteiger partial charge in [-0.05, 0) is 24.6 Å². The van der Waals surface area contributed by atoms with Crippen LogP contribution in [0.1, 0.15) is 23.0 Å². The Morgan fingerprint density at radius 3 is 2.65 bits per heavy atom. The number of carbonyl (C=O) groups excluding carboxylic acids is 1. The van der Waals surface area contributed by atoms with Crippen molar-refractivity contribution in [1.82, 2.24) is 9.88 Å². The Bertz CT molecular complexity index is 488. The van der Waals surface area contributed by atoms with E-state index in [1.54, 1.807) is 0 Å². The lowest BCUT2D eigenvalue weighted by Gasteiger charge is -2.08. The van der Waals surface area contributed by atoms with Crippen molar-refractivity contribution >= 4 is 5.91 Å². The summed E-state index contributed by atoms with van der Waals surface area (Å²) < 4.78 is 1.96. The largest absolute Gasteiger partial charge is 0.351 e. The maximum Gasteiger partial charge on any atom is 0.267 e. The van der Waals surface area contributed by atoms with Crippen LogP contribution >= 0.6 is 0 Å². The molecule has 1 aromatic heterocycles. The summed E-state index contributed by atoms with van der Waals surface area (Å²) in [4.78, 5) is 11.8. The van der Waals surface area contributed by atoms with E-state index in [1.165, 1.54) is 5.56 Å². The van der Waals surface area contributed by atoms with Crippen LogP contribution < -0.4 is 5.32 Å². The molecule has 2 rings (SSSR count). The molecule has 88 valence electrons. The van der Waals surface area contributed by atoms with Crippen LogP contribution in [0.15, 0.2) is 48.7 Å². The molecule has 0 radical (unpaired) electrons. The van der Waals surface area contributed by atoms with Crippen molar-refractivity contribution < 1.29 is 4.79 Å². The number of carbonyl (C=O) groups is 1. The lowest BCUT2D eigenvalue weighted by atomic mass is 10.2. The quantitative estimate of drug-likeness (QED) is 0.856. The molecule has 0 spiro atoms. The predicted molar refractivity (Wildman–Crippen MR) is 68.0 cm³/mol. The minimum atomic E-state index is -0.0200. The Hall–Kier alpha value is -2.03. The Kier molecular flexibility index (Phi) is 3.60. The summed E-state index contributed by atoms with van der Waals surface area (Å²) in [6.45, 7) is 3.29. The van der Waals surface area contributed by atoms with E-state index < -0.39 is 0 Å². The number of nitrogens with zero attached hydrogens (tertiary/aromatic N) is 1. The molecule has 1 aromatic carbocycles. The number of benzene rings is 1. The van der Waals surface area contributed by atoms with Gasteiger partial charge in [-0.3, -0.25) is 4.79 Å². The van der Waals surface area contributed by atoms with Gasteiger partial charge >= 0.3 is 0 Å². The Balaban J connectivity index is 2.17. The molecule has 0 saturated carbocycles. The lowest BCUT2D eigenvalue weighted by molar-refractivity contribution is 0.0947. The molecule has 0 aliphatic carbocycles. The normalized spacial score (nSPS) is 10.2. The molecule has 0 unspecified atom stereocenters. The first-order valence-electron chi connectivity index (χ1n) is 5.78. The summed E-state index contributed by atoms with van der Waals surface area (Å²) in [6, 6.07) is 13.9. The van der Waals surface area contributed by atoms with Crippen molar-refractivity contribution in [2.24, 2.45) is 0 Å². The smallest absolute Gasteiger partial charge is 0.267 e. The fraction of sp³-hybridized carbons (Fsp3) is 0.214. The summed E-state index contributed by atoms with van der Waals surface area (Å²) in [7, 11) is 0. The molecule has 1 N–H and O–H groups in total. The van der Waals surface area contributed by atoms with Gasteiger partial charge in [0.1, 0.15) is 5.69 Å². The van der Waals surface area contributed by atoms with Crippen molar-refractivity contribution in [2.45, 2.75) is 13.5 Å². The molecule has 0 atom stereocenters. The molecule has 1 amide bonds. The van der Waals surface area contributed by atoms with E-state index in [0.29, 0.717) is 12.2 Å². The zero-order chi connectivity index (χ0) is 12.1. The Morgan fingerprint density at radius 2 is 1.94 bits per heavy atom. The van der Waals surface area contributed by atoms with Crippen LogP contribution in [0.2, 0.25) is 0 Å². The molecule has 0 aliphatic rings. The summed E-state index contributed by atoms with van der Waals surface area (Å²) >= 11 is 0. The van der Waals surface area contributed by atoms with E-state index in [0.717, 1.165) is 6.54 Å². The average Bonchev–Trinajstić information content (AvgIpc) is 2.79. The lowest BCUT2D eigenvalue weighted by Crippen LogP contribution is -2.25. The number of rotatable bonds is 4. The number of amides is 1. The minimum absolute atomic E-state index is 0.0200. The van der Waals surface area contributed by atoms with Crippen LogP contribution in [0, 0.1) is 0 Å². The van der Waals surface area contributed by atoms with Crippen molar-refractivity contribution in [3.8, 4) is 0 Å². The van der Waals surface area contributed by atoms with Gasteiger partial charge in [-0.25, -0.2) is 0 Å². The van der Waals surface area contributed by atoms with Gasteiger partial charge in [0.15, 0.2) is 0 Å². The molecule has 0 bridgehead atoms. The van der Waals surface area contributed by atoms with Crippen LogP contribution in [0.25, 0.3) is 0 Å². The highest BCUT2D eigenvalue weighted by molar-refractivity contribution is 5.92. The van der Waals surface area contributed by atoms with E-state index in [-0.39, 0.29) is 5.91 Å². The number of hydrogen-bond donors (Lipinski definition) is 1. The molecule has 1 heterocycles. The van der Waals surface area contributed by atoms with E-state index in [2.05, 4.69) is 17.4 Å².